The van der Waals surface area contributed by atoms with Crippen LogP contribution in [0.2, 0.25) is 0 Å². The fraction of sp³-hybridized carbons (Fsp3) is 0.211. The highest BCUT2D eigenvalue weighted by Gasteiger charge is 2.18. The first-order valence-electron chi connectivity index (χ1n) is 8.53. The van der Waals surface area contributed by atoms with Gasteiger partial charge >= 0.3 is 5.97 Å². The lowest BCUT2D eigenvalue weighted by Gasteiger charge is -2.09. The minimum Gasteiger partial charge on any atom is -0.455 e. The Labute approximate surface area is 169 Å². The van der Waals surface area contributed by atoms with Gasteiger partial charge in [-0.3, -0.25) is 19.7 Å². The molecule has 150 valence electrons. The number of fused-ring (bicyclic) bond motifs is 1. The molecule has 0 saturated carbocycles. The van der Waals surface area contributed by atoms with Gasteiger partial charge in [-0.25, -0.2) is 4.98 Å². The van der Waals surface area contributed by atoms with Crippen LogP contribution in [0, 0.1) is 24.0 Å². The van der Waals surface area contributed by atoms with Crippen LogP contribution in [-0.4, -0.2) is 34.1 Å². The van der Waals surface area contributed by atoms with Crippen molar-refractivity contribution in [3.8, 4) is 0 Å². The van der Waals surface area contributed by atoms with E-state index in [1.807, 2.05) is 12.1 Å². The quantitative estimate of drug-likeness (QED) is 0.268. The lowest BCUT2D eigenvalue weighted by Crippen LogP contribution is -2.22. The number of anilines is 1. The fourth-order valence-electron chi connectivity index (χ4n) is 2.46. The summed E-state index contributed by atoms with van der Waals surface area (Å²) in [5, 5.41) is 13.9. The highest BCUT2D eigenvalue weighted by molar-refractivity contribution is 7.99. The summed E-state index contributed by atoms with van der Waals surface area (Å²) in [4.78, 5) is 38.7. The fourth-order valence-corrected chi connectivity index (χ4v) is 3.10. The van der Waals surface area contributed by atoms with Crippen LogP contribution in [0.1, 0.15) is 11.1 Å². The molecule has 0 saturated heterocycles. The molecular formula is C19H17N3O6S. The summed E-state index contributed by atoms with van der Waals surface area (Å²) in [6.45, 7) is 2.96. The van der Waals surface area contributed by atoms with Gasteiger partial charge < -0.3 is 14.5 Å². The van der Waals surface area contributed by atoms with Crippen molar-refractivity contribution in [2.24, 2.45) is 0 Å². The first-order chi connectivity index (χ1) is 13.8. The molecule has 1 aromatic heterocycles. The van der Waals surface area contributed by atoms with Gasteiger partial charge in [0.1, 0.15) is 17.0 Å². The number of para-hydroxylation sites is 2. The second kappa shape index (κ2) is 8.74. The van der Waals surface area contributed by atoms with E-state index in [0.717, 1.165) is 22.9 Å². The third kappa shape index (κ3) is 5.11. The number of esters is 1. The van der Waals surface area contributed by atoms with Crippen LogP contribution in [0.4, 0.5) is 11.4 Å². The molecule has 1 N–H and O–H groups in total. The highest BCUT2D eigenvalue weighted by atomic mass is 32.2. The van der Waals surface area contributed by atoms with E-state index in [0.29, 0.717) is 16.3 Å². The number of carbonyl (C=O) groups is 2. The number of benzene rings is 2. The number of carbonyl (C=O) groups excluding carboxylic acids is 2. The molecule has 3 rings (SSSR count). The molecule has 0 fully saturated rings. The average Bonchev–Trinajstić information content (AvgIpc) is 3.10. The van der Waals surface area contributed by atoms with Crippen molar-refractivity contribution in [3.63, 3.8) is 0 Å². The van der Waals surface area contributed by atoms with Crippen LogP contribution in [0.25, 0.3) is 11.1 Å². The Kier molecular flexibility index (Phi) is 6.13. The summed E-state index contributed by atoms with van der Waals surface area (Å²) < 4.78 is 10.4. The van der Waals surface area contributed by atoms with E-state index in [1.165, 1.54) is 12.1 Å². The van der Waals surface area contributed by atoms with E-state index in [9.17, 15) is 19.7 Å². The minimum atomic E-state index is -0.670. The second-order valence-electron chi connectivity index (χ2n) is 6.16. The Bertz CT molecular complexity index is 1060. The number of aromatic nitrogens is 1. The van der Waals surface area contributed by atoms with E-state index in [-0.39, 0.29) is 17.1 Å². The molecule has 29 heavy (non-hydrogen) atoms. The predicted octanol–water partition coefficient (Wildman–Crippen LogP) is 3.63. The van der Waals surface area contributed by atoms with Crippen molar-refractivity contribution in [1.29, 1.82) is 0 Å². The number of amides is 1. The third-order valence-electron chi connectivity index (χ3n) is 4.03. The van der Waals surface area contributed by atoms with Crippen molar-refractivity contribution in [2.75, 3.05) is 17.7 Å². The normalized spacial score (nSPS) is 10.7. The Balaban J connectivity index is 1.52. The van der Waals surface area contributed by atoms with Crippen molar-refractivity contribution < 1.29 is 23.7 Å². The van der Waals surface area contributed by atoms with Gasteiger partial charge in [-0.2, -0.15) is 0 Å². The van der Waals surface area contributed by atoms with E-state index >= 15 is 0 Å². The Morgan fingerprint density at radius 2 is 1.97 bits per heavy atom. The number of nitrogens with one attached hydrogen (secondary N) is 1. The number of nitro benzene ring substituents is 1. The van der Waals surface area contributed by atoms with Gasteiger partial charge in [0.25, 0.3) is 16.8 Å². The summed E-state index contributed by atoms with van der Waals surface area (Å²) >= 11 is 1.05. The van der Waals surface area contributed by atoms with Gasteiger partial charge in [-0.15, -0.1) is 0 Å². The van der Waals surface area contributed by atoms with Crippen molar-refractivity contribution >= 4 is 46.1 Å². The molecule has 1 heterocycles. The molecule has 2 aromatic carbocycles. The molecule has 9 nitrogen and oxygen atoms in total. The van der Waals surface area contributed by atoms with Gasteiger partial charge in [0.2, 0.25) is 0 Å². The summed E-state index contributed by atoms with van der Waals surface area (Å²) in [7, 11) is 0. The molecule has 0 aliphatic heterocycles. The molecule has 0 unspecified atom stereocenters. The van der Waals surface area contributed by atoms with Crippen molar-refractivity contribution in [3.05, 3.63) is 57.6 Å². The van der Waals surface area contributed by atoms with E-state index in [1.54, 1.807) is 26.0 Å². The van der Waals surface area contributed by atoms with Gasteiger partial charge in [-0.1, -0.05) is 23.9 Å². The first kappa shape index (κ1) is 20.3. The lowest BCUT2D eigenvalue weighted by atomic mass is 10.1. The zero-order valence-electron chi connectivity index (χ0n) is 15.6. The highest BCUT2D eigenvalue weighted by Crippen LogP contribution is 2.28. The number of hydrogen-bond donors (Lipinski definition) is 1. The maximum absolute atomic E-state index is 12.0. The van der Waals surface area contributed by atoms with E-state index < -0.39 is 23.4 Å². The van der Waals surface area contributed by atoms with Crippen LogP contribution < -0.4 is 5.32 Å². The third-order valence-corrected chi connectivity index (χ3v) is 4.84. The smallest absolute Gasteiger partial charge is 0.316 e. The molecule has 1 amide bonds. The Morgan fingerprint density at radius 3 is 2.69 bits per heavy atom. The van der Waals surface area contributed by atoms with Gasteiger partial charge in [0.15, 0.2) is 12.2 Å². The van der Waals surface area contributed by atoms with Crippen molar-refractivity contribution in [2.45, 2.75) is 19.1 Å². The van der Waals surface area contributed by atoms with Crippen LogP contribution in [0.15, 0.2) is 46.0 Å². The molecule has 0 radical (unpaired) electrons. The molecule has 0 atom stereocenters. The van der Waals surface area contributed by atoms with Crippen LogP contribution in [0.3, 0.4) is 0 Å². The summed E-state index contributed by atoms with van der Waals surface area (Å²) in [6.07, 6.45) is 0. The second-order valence-corrected chi connectivity index (χ2v) is 7.08. The maximum atomic E-state index is 12.0. The molecule has 3 aromatic rings. The number of rotatable bonds is 7. The predicted molar refractivity (Wildman–Crippen MR) is 107 cm³/mol. The number of ether oxygens (including phenoxy) is 1. The van der Waals surface area contributed by atoms with Crippen LogP contribution in [0.5, 0.6) is 0 Å². The summed E-state index contributed by atoms with van der Waals surface area (Å²) in [5.41, 5.74) is 2.64. The molecule has 0 aliphatic carbocycles. The Morgan fingerprint density at radius 1 is 1.24 bits per heavy atom. The SMILES string of the molecule is Cc1cc(NC(=O)COC(=O)CSc2nc3ccccc3o2)c([N+](=O)[O-])cc1C. The topological polar surface area (TPSA) is 125 Å². The molecule has 0 aliphatic rings. The first-order valence-corrected chi connectivity index (χ1v) is 9.51. The number of aryl methyl sites for hydroxylation is 2. The van der Waals surface area contributed by atoms with Crippen LogP contribution >= 0.6 is 11.8 Å². The number of oxazole rings is 1. The van der Waals surface area contributed by atoms with Crippen molar-refractivity contribution in [1.82, 2.24) is 4.98 Å². The van der Waals surface area contributed by atoms with Gasteiger partial charge in [0.05, 0.1) is 4.92 Å². The van der Waals surface area contributed by atoms with E-state index in [2.05, 4.69) is 10.3 Å². The van der Waals surface area contributed by atoms with Gasteiger partial charge in [-0.05, 0) is 43.2 Å². The molecule has 0 bridgehead atoms. The average molecular weight is 415 g/mol. The Hall–Kier alpha value is -3.40. The molecule has 0 spiro atoms. The minimum absolute atomic E-state index is 0.0556. The summed E-state index contributed by atoms with van der Waals surface area (Å²) in [6, 6.07) is 10.1. The van der Waals surface area contributed by atoms with Gasteiger partial charge in [0, 0.05) is 6.07 Å². The molecule has 10 heteroatoms. The number of nitrogens with zero attached hydrogens (tertiary/aromatic N) is 2. The molecular weight excluding hydrogens is 398 g/mol. The zero-order valence-corrected chi connectivity index (χ0v) is 16.4. The zero-order chi connectivity index (χ0) is 21.0. The number of nitro groups is 1. The summed E-state index contributed by atoms with van der Waals surface area (Å²) in [5.74, 6) is -1.40. The van der Waals surface area contributed by atoms with E-state index in [4.69, 9.17) is 9.15 Å². The lowest BCUT2D eigenvalue weighted by molar-refractivity contribution is -0.384. The number of thioether (sulfide) groups is 1. The maximum Gasteiger partial charge on any atom is 0.316 e. The van der Waals surface area contributed by atoms with Crippen LogP contribution in [-0.2, 0) is 14.3 Å². The standard InChI is InChI=1S/C19H17N3O6S/c1-11-7-14(15(22(25)26)8-12(11)2)20-17(23)9-27-18(24)10-29-19-21-13-5-3-4-6-16(13)28-19/h3-8H,9-10H2,1-2H3,(H,20,23). The largest absolute Gasteiger partial charge is 0.455 e. The number of hydrogen-bond acceptors (Lipinski definition) is 8. The monoisotopic (exact) mass is 415 g/mol.